The molecule has 2 rings (SSSR count). The molecule has 0 radical (unpaired) electrons. The Kier molecular flexibility index (Phi) is 11.3. The van der Waals surface area contributed by atoms with Gasteiger partial charge in [0.05, 0.1) is 0 Å². The summed E-state index contributed by atoms with van der Waals surface area (Å²) in [5, 5.41) is 0. The molecule has 1 atom stereocenters. The van der Waals surface area contributed by atoms with Crippen LogP contribution < -0.4 is 11.5 Å². The first-order valence-electron chi connectivity index (χ1n) is 11.3. The van der Waals surface area contributed by atoms with Crippen LogP contribution in [0.1, 0.15) is 79.1 Å². The summed E-state index contributed by atoms with van der Waals surface area (Å²) in [6, 6.07) is 0. The fraction of sp³-hybridized carbons (Fsp3) is 1.00. The highest BCUT2D eigenvalue weighted by Crippen LogP contribution is 2.46. The second kappa shape index (κ2) is 12.3. The van der Waals surface area contributed by atoms with Crippen LogP contribution in [0.5, 0.6) is 0 Å². The Balaban J connectivity index is 0.000000359. The van der Waals surface area contributed by atoms with E-state index in [4.69, 9.17) is 11.5 Å². The van der Waals surface area contributed by atoms with Gasteiger partial charge in [-0.3, -0.25) is 0 Å². The van der Waals surface area contributed by atoms with Gasteiger partial charge in [-0.1, -0.05) is 40.5 Å². The van der Waals surface area contributed by atoms with E-state index in [-0.39, 0.29) is 0 Å². The van der Waals surface area contributed by atoms with Crippen molar-refractivity contribution in [2.45, 2.75) is 79.1 Å². The quantitative estimate of drug-likeness (QED) is 0.617. The van der Waals surface area contributed by atoms with Crippen molar-refractivity contribution < 1.29 is 0 Å². The Bertz CT molecular complexity index is 352. The van der Waals surface area contributed by atoms with Crippen LogP contribution in [-0.4, -0.2) is 62.2 Å². The van der Waals surface area contributed by atoms with Crippen LogP contribution >= 0.6 is 0 Å². The molecule has 2 fully saturated rings. The summed E-state index contributed by atoms with van der Waals surface area (Å²) in [7, 11) is 0. The van der Waals surface area contributed by atoms with Crippen molar-refractivity contribution in [3.63, 3.8) is 0 Å². The molecule has 26 heavy (non-hydrogen) atoms. The van der Waals surface area contributed by atoms with Gasteiger partial charge in [-0.2, -0.15) is 0 Å². The summed E-state index contributed by atoms with van der Waals surface area (Å²) in [6.07, 6.45) is 11.1. The number of rotatable bonds is 10. The number of nitrogens with two attached hydrogens (primary N) is 2. The van der Waals surface area contributed by atoms with E-state index in [0.717, 1.165) is 32.7 Å². The Labute approximate surface area is 164 Å². The van der Waals surface area contributed by atoms with E-state index in [0.29, 0.717) is 10.8 Å². The predicted octanol–water partition coefficient (Wildman–Crippen LogP) is 3.69. The molecule has 1 saturated carbocycles. The van der Waals surface area contributed by atoms with Gasteiger partial charge in [0.25, 0.3) is 0 Å². The fourth-order valence-corrected chi connectivity index (χ4v) is 4.21. The molecule has 1 aliphatic heterocycles. The normalized spacial score (nSPS) is 25.5. The maximum Gasteiger partial charge on any atom is 0.0104 e. The molecule has 0 aromatic heterocycles. The largest absolute Gasteiger partial charge is 0.330 e. The summed E-state index contributed by atoms with van der Waals surface area (Å²) >= 11 is 0. The molecule has 0 amide bonds. The zero-order valence-corrected chi connectivity index (χ0v) is 18.4. The highest BCUT2D eigenvalue weighted by Gasteiger charge is 2.42. The molecule has 4 N–H and O–H groups in total. The van der Waals surface area contributed by atoms with Gasteiger partial charge < -0.3 is 21.3 Å². The molecule has 4 heteroatoms. The summed E-state index contributed by atoms with van der Waals surface area (Å²) in [5.41, 5.74) is 12.4. The third kappa shape index (κ3) is 8.69. The van der Waals surface area contributed by atoms with Crippen LogP contribution in [0.3, 0.4) is 0 Å². The molecular weight excluding hydrogens is 320 g/mol. The summed E-state index contributed by atoms with van der Waals surface area (Å²) in [5.74, 6) is 0. The number of likely N-dealkylation sites (N-methyl/N-ethyl adjacent to an activating group) is 1. The van der Waals surface area contributed by atoms with Crippen LogP contribution in [0.2, 0.25) is 0 Å². The molecule has 0 bridgehead atoms. The first kappa shape index (κ1) is 23.9. The van der Waals surface area contributed by atoms with Crippen molar-refractivity contribution in [2.24, 2.45) is 22.3 Å². The van der Waals surface area contributed by atoms with Crippen LogP contribution in [0.4, 0.5) is 0 Å². The van der Waals surface area contributed by atoms with Crippen molar-refractivity contribution in [1.29, 1.82) is 0 Å². The molecule has 1 unspecified atom stereocenters. The number of hydrogen-bond acceptors (Lipinski definition) is 4. The maximum absolute atomic E-state index is 5.92. The van der Waals surface area contributed by atoms with Gasteiger partial charge in [0, 0.05) is 19.6 Å². The minimum atomic E-state index is 0.518. The number of nitrogens with zero attached hydrogens (tertiary/aromatic N) is 2. The number of hydrogen-bond donors (Lipinski definition) is 2. The van der Waals surface area contributed by atoms with Gasteiger partial charge in [0.15, 0.2) is 0 Å². The van der Waals surface area contributed by atoms with Crippen LogP contribution in [0.25, 0.3) is 0 Å². The van der Waals surface area contributed by atoms with Crippen molar-refractivity contribution in [3.8, 4) is 0 Å². The molecule has 2 aliphatic rings. The first-order valence-corrected chi connectivity index (χ1v) is 11.3. The lowest BCUT2D eigenvalue weighted by Gasteiger charge is -2.29. The monoisotopic (exact) mass is 368 g/mol. The van der Waals surface area contributed by atoms with E-state index in [1.54, 1.807) is 0 Å². The minimum absolute atomic E-state index is 0.518. The first-order chi connectivity index (χ1) is 12.5. The topological polar surface area (TPSA) is 58.5 Å². The zero-order valence-electron chi connectivity index (χ0n) is 18.4. The van der Waals surface area contributed by atoms with Gasteiger partial charge >= 0.3 is 0 Å². The van der Waals surface area contributed by atoms with Gasteiger partial charge in [0.2, 0.25) is 0 Å². The lowest BCUT2D eigenvalue weighted by molar-refractivity contribution is 0.206. The van der Waals surface area contributed by atoms with Gasteiger partial charge in [-0.15, -0.1) is 0 Å². The Hall–Kier alpha value is -0.160. The predicted molar refractivity (Wildman–Crippen MR) is 115 cm³/mol. The second-order valence-electron chi connectivity index (χ2n) is 9.06. The van der Waals surface area contributed by atoms with Crippen molar-refractivity contribution in [3.05, 3.63) is 0 Å². The lowest BCUT2D eigenvalue weighted by atomic mass is 9.78. The zero-order chi connectivity index (χ0) is 19.5. The SMILES string of the molecule is CCCCC1(C)CCCN(CC2(CN)CC2)CC1.CCN(CC)CCN. The molecule has 4 nitrogen and oxygen atoms in total. The van der Waals surface area contributed by atoms with Crippen molar-refractivity contribution in [1.82, 2.24) is 9.80 Å². The minimum Gasteiger partial charge on any atom is -0.330 e. The average molecular weight is 369 g/mol. The number of likely N-dealkylation sites (tertiary alicyclic amines) is 1. The van der Waals surface area contributed by atoms with Crippen molar-refractivity contribution >= 4 is 0 Å². The summed E-state index contributed by atoms with van der Waals surface area (Å²) in [6.45, 7) is 18.0. The molecular formula is C22H48N4. The van der Waals surface area contributed by atoms with E-state index in [9.17, 15) is 0 Å². The van der Waals surface area contributed by atoms with E-state index in [2.05, 4.69) is 37.5 Å². The average Bonchev–Trinajstić information content (AvgIpc) is 3.45. The van der Waals surface area contributed by atoms with E-state index in [1.807, 2.05) is 0 Å². The highest BCUT2D eigenvalue weighted by atomic mass is 15.1. The second-order valence-corrected chi connectivity index (χ2v) is 9.06. The van der Waals surface area contributed by atoms with E-state index < -0.39 is 0 Å². The Morgan fingerprint density at radius 2 is 1.65 bits per heavy atom. The third-order valence-electron chi connectivity index (χ3n) is 6.71. The highest BCUT2D eigenvalue weighted by molar-refractivity contribution is 4.97. The summed E-state index contributed by atoms with van der Waals surface area (Å²) < 4.78 is 0. The standard InChI is InChI=1S/C16H32N2.C6H16N2/c1-3-4-6-15(2)7-5-11-18(12-10-15)14-16(13-17)8-9-16;1-3-8(4-2)6-5-7/h3-14,17H2,1-2H3;3-7H2,1-2H3. The lowest BCUT2D eigenvalue weighted by Crippen LogP contribution is -2.35. The van der Waals surface area contributed by atoms with Crippen LogP contribution in [-0.2, 0) is 0 Å². The molecule has 1 saturated heterocycles. The van der Waals surface area contributed by atoms with E-state index >= 15 is 0 Å². The molecule has 0 spiro atoms. The molecule has 1 aliphatic carbocycles. The van der Waals surface area contributed by atoms with Crippen molar-refractivity contribution in [2.75, 3.05) is 52.4 Å². The smallest absolute Gasteiger partial charge is 0.0104 e. The summed E-state index contributed by atoms with van der Waals surface area (Å²) in [4.78, 5) is 5.01. The Morgan fingerprint density at radius 3 is 2.12 bits per heavy atom. The van der Waals surface area contributed by atoms with Crippen LogP contribution in [0.15, 0.2) is 0 Å². The third-order valence-corrected chi connectivity index (χ3v) is 6.71. The fourth-order valence-electron chi connectivity index (χ4n) is 4.21. The molecule has 156 valence electrons. The number of unbranched alkanes of at least 4 members (excludes halogenated alkanes) is 1. The van der Waals surface area contributed by atoms with Gasteiger partial charge in [-0.05, 0) is 82.1 Å². The Morgan fingerprint density at radius 1 is 0.962 bits per heavy atom. The van der Waals surface area contributed by atoms with Crippen LogP contribution in [0, 0.1) is 10.8 Å². The molecule has 0 aromatic rings. The van der Waals surface area contributed by atoms with E-state index in [1.165, 1.54) is 71.0 Å². The maximum atomic E-state index is 5.92. The van der Waals surface area contributed by atoms with Gasteiger partial charge in [-0.25, -0.2) is 0 Å². The van der Waals surface area contributed by atoms with Gasteiger partial charge in [0.1, 0.15) is 0 Å². The molecule has 0 aromatic carbocycles. The molecule has 1 heterocycles.